The van der Waals surface area contributed by atoms with Crippen molar-refractivity contribution < 1.29 is 4.74 Å². The molecule has 4 heteroatoms. The second-order valence-electron chi connectivity index (χ2n) is 4.31. The van der Waals surface area contributed by atoms with E-state index in [1.54, 1.807) is 6.20 Å². The van der Waals surface area contributed by atoms with Crippen LogP contribution in [0.3, 0.4) is 0 Å². The summed E-state index contributed by atoms with van der Waals surface area (Å²) in [5.74, 6) is 1.34. The van der Waals surface area contributed by atoms with E-state index in [1.807, 2.05) is 6.92 Å². The summed E-state index contributed by atoms with van der Waals surface area (Å²) in [6.07, 6.45) is 1.61. The fourth-order valence-corrected chi connectivity index (χ4v) is 2.04. The van der Waals surface area contributed by atoms with Crippen LogP contribution in [0.25, 0.3) is 0 Å². The maximum atomic E-state index is 5.75. The topological polar surface area (TPSA) is 48.1 Å². The van der Waals surface area contributed by atoms with Crippen molar-refractivity contribution in [2.24, 2.45) is 0 Å². The molecule has 0 aliphatic carbocycles. The van der Waals surface area contributed by atoms with Gasteiger partial charge in [0.2, 0.25) is 0 Å². The van der Waals surface area contributed by atoms with Gasteiger partial charge in [-0.05, 0) is 30.0 Å². The van der Waals surface area contributed by atoms with Gasteiger partial charge in [-0.1, -0.05) is 37.3 Å². The Hall–Kier alpha value is -1.55. The molecule has 0 saturated carbocycles. The van der Waals surface area contributed by atoms with E-state index in [4.69, 9.17) is 10.5 Å². The Morgan fingerprint density at radius 1 is 1.35 bits per heavy atom. The van der Waals surface area contributed by atoms with Crippen LogP contribution in [0.2, 0.25) is 0 Å². The highest BCUT2D eigenvalue weighted by Crippen LogP contribution is 2.31. The Balaban J connectivity index is 2.28. The van der Waals surface area contributed by atoms with Crippen LogP contribution in [-0.2, 0) is 0 Å². The Labute approximate surface area is 105 Å². The second kappa shape index (κ2) is 4.75. The fourth-order valence-electron chi connectivity index (χ4n) is 1.50. The van der Waals surface area contributed by atoms with Crippen molar-refractivity contribution in [2.75, 3.05) is 5.73 Å². The SMILES string of the molecule is Cc1ccc(C(C)C)cc1Oc1ncc(N)s1. The summed E-state index contributed by atoms with van der Waals surface area (Å²) in [4.78, 5) is 4.10. The van der Waals surface area contributed by atoms with Crippen LogP contribution in [0.1, 0.15) is 30.9 Å². The van der Waals surface area contributed by atoms with Gasteiger partial charge in [0.15, 0.2) is 0 Å². The number of anilines is 1. The molecule has 0 radical (unpaired) electrons. The van der Waals surface area contributed by atoms with Crippen molar-refractivity contribution >= 4 is 16.3 Å². The summed E-state index contributed by atoms with van der Waals surface area (Å²) >= 11 is 1.35. The maximum Gasteiger partial charge on any atom is 0.280 e. The lowest BCUT2D eigenvalue weighted by Crippen LogP contribution is -1.92. The van der Waals surface area contributed by atoms with Gasteiger partial charge in [-0.2, -0.15) is 0 Å². The zero-order chi connectivity index (χ0) is 12.4. The molecule has 2 aromatic rings. The molecule has 0 aliphatic rings. The molecule has 2 N–H and O–H groups in total. The molecule has 0 unspecified atom stereocenters. The number of ether oxygens (including phenoxy) is 1. The van der Waals surface area contributed by atoms with Crippen LogP contribution in [0.15, 0.2) is 24.4 Å². The van der Waals surface area contributed by atoms with Crippen LogP contribution in [0.5, 0.6) is 10.9 Å². The summed E-state index contributed by atoms with van der Waals surface area (Å²) in [5, 5.41) is 1.25. The van der Waals surface area contributed by atoms with E-state index < -0.39 is 0 Å². The molecule has 0 saturated heterocycles. The summed E-state index contributed by atoms with van der Waals surface area (Å²) in [6.45, 7) is 6.35. The smallest absolute Gasteiger partial charge is 0.280 e. The van der Waals surface area contributed by atoms with Gasteiger partial charge in [0, 0.05) is 0 Å². The Morgan fingerprint density at radius 2 is 2.12 bits per heavy atom. The van der Waals surface area contributed by atoms with Gasteiger partial charge in [0.05, 0.1) is 6.20 Å². The molecule has 0 bridgehead atoms. The minimum absolute atomic E-state index is 0.485. The monoisotopic (exact) mass is 248 g/mol. The van der Waals surface area contributed by atoms with E-state index in [0.29, 0.717) is 16.1 Å². The molecule has 1 aromatic carbocycles. The number of nitrogens with two attached hydrogens (primary N) is 1. The first-order valence-electron chi connectivity index (χ1n) is 5.56. The van der Waals surface area contributed by atoms with E-state index in [1.165, 1.54) is 16.9 Å². The van der Waals surface area contributed by atoms with Crippen molar-refractivity contribution in [2.45, 2.75) is 26.7 Å². The minimum Gasteiger partial charge on any atom is -0.431 e. The van der Waals surface area contributed by atoms with Gasteiger partial charge in [0.25, 0.3) is 5.19 Å². The second-order valence-corrected chi connectivity index (χ2v) is 5.34. The highest BCUT2D eigenvalue weighted by atomic mass is 32.1. The third-order valence-corrected chi connectivity index (χ3v) is 3.28. The molecule has 0 amide bonds. The molecule has 1 heterocycles. The molecule has 1 aromatic heterocycles. The number of aryl methyl sites for hydroxylation is 1. The van der Waals surface area contributed by atoms with E-state index in [9.17, 15) is 0 Å². The summed E-state index contributed by atoms with van der Waals surface area (Å²) in [5.41, 5.74) is 7.98. The number of nitrogens with zero attached hydrogens (tertiary/aromatic N) is 1. The predicted molar refractivity (Wildman–Crippen MR) is 71.9 cm³/mol. The van der Waals surface area contributed by atoms with Crippen molar-refractivity contribution in [3.63, 3.8) is 0 Å². The molecule has 3 nitrogen and oxygen atoms in total. The normalized spacial score (nSPS) is 10.8. The number of thiazole rings is 1. The third kappa shape index (κ3) is 2.77. The van der Waals surface area contributed by atoms with Crippen LogP contribution in [-0.4, -0.2) is 4.98 Å². The predicted octanol–water partition coefficient (Wildman–Crippen LogP) is 3.95. The quantitative estimate of drug-likeness (QED) is 0.894. The van der Waals surface area contributed by atoms with E-state index in [2.05, 4.69) is 37.0 Å². The zero-order valence-corrected chi connectivity index (χ0v) is 11.0. The summed E-state index contributed by atoms with van der Waals surface area (Å²) < 4.78 is 5.75. The summed E-state index contributed by atoms with van der Waals surface area (Å²) in [6, 6.07) is 6.27. The average molecular weight is 248 g/mol. The maximum absolute atomic E-state index is 5.75. The molecular formula is C13H16N2OS. The van der Waals surface area contributed by atoms with Gasteiger partial charge in [-0.15, -0.1) is 0 Å². The van der Waals surface area contributed by atoms with Gasteiger partial charge in [-0.25, -0.2) is 4.98 Å². The lowest BCUT2D eigenvalue weighted by molar-refractivity contribution is 0.474. The van der Waals surface area contributed by atoms with Crippen molar-refractivity contribution in [1.29, 1.82) is 0 Å². The van der Waals surface area contributed by atoms with Crippen LogP contribution in [0, 0.1) is 6.92 Å². The molecular weight excluding hydrogens is 232 g/mol. The van der Waals surface area contributed by atoms with Gasteiger partial charge in [-0.3, -0.25) is 0 Å². The van der Waals surface area contributed by atoms with Gasteiger partial charge in [0.1, 0.15) is 10.8 Å². The standard InChI is InChI=1S/C13H16N2OS/c1-8(2)10-5-4-9(3)11(6-10)16-13-15-7-12(14)17-13/h4-8H,14H2,1-3H3. The number of hydrogen-bond acceptors (Lipinski definition) is 4. The molecule has 0 spiro atoms. The first-order valence-corrected chi connectivity index (χ1v) is 6.37. The fraction of sp³-hybridized carbons (Fsp3) is 0.308. The number of rotatable bonds is 3. The first-order chi connectivity index (χ1) is 8.06. The molecule has 17 heavy (non-hydrogen) atoms. The van der Waals surface area contributed by atoms with Crippen LogP contribution < -0.4 is 10.5 Å². The molecule has 0 atom stereocenters. The Morgan fingerprint density at radius 3 is 2.71 bits per heavy atom. The van der Waals surface area contributed by atoms with E-state index in [0.717, 1.165) is 11.3 Å². The molecule has 90 valence electrons. The first kappa shape index (κ1) is 11.9. The highest BCUT2D eigenvalue weighted by Gasteiger charge is 2.07. The minimum atomic E-state index is 0.485. The molecule has 0 fully saturated rings. The van der Waals surface area contributed by atoms with Crippen LogP contribution >= 0.6 is 11.3 Å². The number of hydrogen-bond donors (Lipinski definition) is 1. The number of aromatic nitrogens is 1. The van der Waals surface area contributed by atoms with Crippen molar-refractivity contribution in [3.8, 4) is 10.9 Å². The number of nitrogen functional groups attached to an aromatic ring is 1. The average Bonchev–Trinajstić information content (AvgIpc) is 2.67. The molecule has 2 rings (SSSR count). The van der Waals surface area contributed by atoms with E-state index >= 15 is 0 Å². The van der Waals surface area contributed by atoms with Crippen LogP contribution in [0.4, 0.5) is 5.00 Å². The Bertz CT molecular complexity index is 520. The summed E-state index contributed by atoms with van der Waals surface area (Å²) in [7, 11) is 0. The highest BCUT2D eigenvalue weighted by molar-refractivity contribution is 7.17. The van der Waals surface area contributed by atoms with Gasteiger partial charge >= 0.3 is 0 Å². The van der Waals surface area contributed by atoms with Gasteiger partial charge < -0.3 is 10.5 Å². The molecule has 0 aliphatic heterocycles. The third-order valence-electron chi connectivity index (χ3n) is 2.58. The lowest BCUT2D eigenvalue weighted by Gasteiger charge is -2.10. The van der Waals surface area contributed by atoms with Crippen molar-refractivity contribution in [1.82, 2.24) is 4.98 Å². The number of benzene rings is 1. The Kier molecular flexibility index (Phi) is 3.33. The largest absolute Gasteiger partial charge is 0.431 e. The van der Waals surface area contributed by atoms with E-state index in [-0.39, 0.29) is 0 Å². The lowest BCUT2D eigenvalue weighted by atomic mass is 10.0. The zero-order valence-electron chi connectivity index (χ0n) is 10.2. The van der Waals surface area contributed by atoms with Crippen molar-refractivity contribution in [3.05, 3.63) is 35.5 Å².